The summed E-state index contributed by atoms with van der Waals surface area (Å²) in [4.78, 5) is 0. The molecule has 0 aliphatic carbocycles. The van der Waals surface area contributed by atoms with Crippen LogP contribution in [0.15, 0.2) is 48.5 Å². The van der Waals surface area contributed by atoms with E-state index in [1.807, 2.05) is 12.1 Å². The molecule has 1 nitrogen and oxygen atoms in total. The smallest absolute Gasteiger partial charge is 0.418 e. The molecule has 68 valence electrons. The van der Waals surface area contributed by atoms with Crippen molar-refractivity contribution in [3.8, 4) is 0 Å². The molecule has 0 atom stereocenters. The molecular weight excluding hydrogens is 209 g/mol. The minimum atomic E-state index is 0. The SMILES string of the molecule is [K+].c1ccc2c(c1)[CH-]c1ccccc1N2. The quantitative estimate of drug-likeness (QED) is 0.425. The number of fused-ring (bicyclic) bond motifs is 2. The van der Waals surface area contributed by atoms with Crippen molar-refractivity contribution in [2.75, 3.05) is 5.32 Å². The summed E-state index contributed by atoms with van der Waals surface area (Å²) in [5.41, 5.74) is 4.88. The Balaban J connectivity index is 0.000000853. The predicted octanol–water partition coefficient (Wildman–Crippen LogP) is 0.348. The number of rotatable bonds is 0. The maximum Gasteiger partial charge on any atom is 1.00 e. The first kappa shape index (κ1) is 11.2. The van der Waals surface area contributed by atoms with E-state index in [9.17, 15) is 0 Å². The van der Waals surface area contributed by atoms with Gasteiger partial charge in [-0.15, -0.1) is 29.7 Å². The van der Waals surface area contributed by atoms with Gasteiger partial charge in [0, 0.05) is 0 Å². The largest absolute Gasteiger partial charge is 1.00 e. The first-order chi connectivity index (χ1) is 6.93. The molecule has 2 heteroatoms. The van der Waals surface area contributed by atoms with Crippen LogP contribution in [0.2, 0.25) is 0 Å². The molecule has 0 aromatic heterocycles. The molecule has 1 aliphatic heterocycles. The predicted molar refractivity (Wildman–Crippen MR) is 58.7 cm³/mol. The third-order valence-electron chi connectivity index (χ3n) is 2.50. The maximum atomic E-state index is 3.41. The van der Waals surface area contributed by atoms with Crippen molar-refractivity contribution in [1.29, 1.82) is 0 Å². The van der Waals surface area contributed by atoms with Crippen LogP contribution in [0, 0.1) is 6.42 Å². The first-order valence-corrected chi connectivity index (χ1v) is 4.73. The van der Waals surface area contributed by atoms with Crippen LogP contribution in [-0.2, 0) is 0 Å². The van der Waals surface area contributed by atoms with E-state index in [-0.39, 0.29) is 51.4 Å². The Morgan fingerprint density at radius 1 is 0.733 bits per heavy atom. The topological polar surface area (TPSA) is 12.0 Å². The average Bonchev–Trinajstić information content (AvgIpc) is 2.26. The minimum absolute atomic E-state index is 0. The number of benzene rings is 2. The standard InChI is InChI=1S/C13H10N.K/c1-3-7-12-10(5-1)9-11-6-2-4-8-13(11)14-12;/h1-9,14H;/q-1;+1. The molecule has 3 rings (SSSR count). The van der Waals surface area contributed by atoms with E-state index in [4.69, 9.17) is 0 Å². The molecular formula is C13H10KN. The van der Waals surface area contributed by atoms with Gasteiger partial charge >= 0.3 is 51.4 Å². The number of hydrogen-bond acceptors (Lipinski definition) is 1. The molecule has 2 aromatic carbocycles. The summed E-state index contributed by atoms with van der Waals surface area (Å²) in [6, 6.07) is 16.7. The fraction of sp³-hybridized carbons (Fsp3) is 0. The Morgan fingerprint density at radius 3 is 1.73 bits per heavy atom. The zero-order chi connectivity index (χ0) is 9.38. The number of para-hydroxylation sites is 2. The van der Waals surface area contributed by atoms with Crippen LogP contribution < -0.4 is 56.7 Å². The van der Waals surface area contributed by atoms with Crippen molar-refractivity contribution in [2.24, 2.45) is 0 Å². The van der Waals surface area contributed by atoms with Crippen LogP contribution in [0.3, 0.4) is 0 Å². The summed E-state index contributed by atoms with van der Waals surface area (Å²) in [5, 5.41) is 3.41. The molecule has 0 radical (unpaired) electrons. The van der Waals surface area contributed by atoms with Crippen molar-refractivity contribution < 1.29 is 51.4 Å². The molecule has 1 aliphatic rings. The van der Waals surface area contributed by atoms with E-state index in [2.05, 4.69) is 48.1 Å². The Bertz CT molecular complexity index is 392. The fourth-order valence-corrected chi connectivity index (χ4v) is 1.79. The van der Waals surface area contributed by atoms with Gasteiger partial charge in [-0.05, 0) is 11.4 Å². The second-order valence-corrected chi connectivity index (χ2v) is 3.44. The van der Waals surface area contributed by atoms with E-state index in [1.54, 1.807) is 0 Å². The summed E-state index contributed by atoms with van der Waals surface area (Å²) >= 11 is 0. The zero-order valence-corrected chi connectivity index (χ0v) is 11.8. The van der Waals surface area contributed by atoms with Crippen molar-refractivity contribution in [1.82, 2.24) is 0 Å². The summed E-state index contributed by atoms with van der Waals surface area (Å²) in [6.07, 6.45) is 2.21. The normalized spacial score (nSPS) is 11.2. The van der Waals surface area contributed by atoms with Crippen molar-refractivity contribution in [3.05, 3.63) is 66.1 Å². The fourth-order valence-electron chi connectivity index (χ4n) is 1.79. The molecule has 0 bridgehead atoms. The van der Waals surface area contributed by atoms with E-state index in [1.165, 1.54) is 22.5 Å². The van der Waals surface area contributed by atoms with E-state index < -0.39 is 0 Å². The summed E-state index contributed by atoms with van der Waals surface area (Å²) in [6.45, 7) is 0. The summed E-state index contributed by atoms with van der Waals surface area (Å²) < 4.78 is 0. The van der Waals surface area contributed by atoms with Gasteiger partial charge in [0.15, 0.2) is 0 Å². The molecule has 2 aromatic rings. The van der Waals surface area contributed by atoms with Gasteiger partial charge in [0.2, 0.25) is 0 Å². The van der Waals surface area contributed by atoms with Crippen LogP contribution in [0.4, 0.5) is 11.4 Å². The van der Waals surface area contributed by atoms with Gasteiger partial charge in [-0.3, -0.25) is 0 Å². The minimum Gasteiger partial charge on any atom is -0.418 e. The maximum absolute atomic E-state index is 3.41. The summed E-state index contributed by atoms with van der Waals surface area (Å²) in [7, 11) is 0. The second kappa shape index (κ2) is 4.72. The average molecular weight is 219 g/mol. The second-order valence-electron chi connectivity index (χ2n) is 3.44. The molecule has 15 heavy (non-hydrogen) atoms. The van der Waals surface area contributed by atoms with E-state index in [0.29, 0.717) is 0 Å². The molecule has 1 heterocycles. The molecule has 0 unspecified atom stereocenters. The van der Waals surface area contributed by atoms with E-state index in [0.717, 1.165) is 0 Å². The molecule has 0 saturated carbocycles. The molecule has 1 N–H and O–H groups in total. The van der Waals surface area contributed by atoms with Crippen LogP contribution in [-0.4, -0.2) is 0 Å². The molecule has 0 saturated heterocycles. The third kappa shape index (κ3) is 2.14. The monoisotopic (exact) mass is 219 g/mol. The van der Waals surface area contributed by atoms with Gasteiger partial charge in [-0.2, -0.15) is 0 Å². The van der Waals surface area contributed by atoms with Crippen LogP contribution in [0.1, 0.15) is 11.1 Å². The van der Waals surface area contributed by atoms with Gasteiger partial charge in [-0.25, -0.2) is 0 Å². The Kier molecular flexibility index (Phi) is 3.54. The Hall–Kier alpha value is -0.254. The third-order valence-corrected chi connectivity index (χ3v) is 2.50. The van der Waals surface area contributed by atoms with Gasteiger partial charge < -0.3 is 5.32 Å². The van der Waals surface area contributed by atoms with Crippen LogP contribution >= 0.6 is 0 Å². The Morgan fingerprint density at radius 2 is 1.20 bits per heavy atom. The van der Waals surface area contributed by atoms with Crippen LogP contribution in [0.25, 0.3) is 0 Å². The number of anilines is 2. The van der Waals surface area contributed by atoms with Crippen LogP contribution in [0.5, 0.6) is 0 Å². The molecule has 0 spiro atoms. The van der Waals surface area contributed by atoms with Gasteiger partial charge in [0.05, 0.1) is 0 Å². The van der Waals surface area contributed by atoms with Gasteiger partial charge in [0.1, 0.15) is 0 Å². The van der Waals surface area contributed by atoms with Crippen molar-refractivity contribution in [2.45, 2.75) is 0 Å². The first-order valence-electron chi connectivity index (χ1n) is 4.73. The number of nitrogens with one attached hydrogen (secondary N) is 1. The Labute approximate surface area is 132 Å². The zero-order valence-electron chi connectivity index (χ0n) is 8.70. The number of hydrogen-bond donors (Lipinski definition) is 1. The summed E-state index contributed by atoms with van der Waals surface area (Å²) in [5.74, 6) is 0. The van der Waals surface area contributed by atoms with Gasteiger partial charge in [0.25, 0.3) is 0 Å². The van der Waals surface area contributed by atoms with E-state index >= 15 is 0 Å². The van der Waals surface area contributed by atoms with Crippen molar-refractivity contribution in [3.63, 3.8) is 0 Å². The van der Waals surface area contributed by atoms with Gasteiger partial charge in [-0.1, -0.05) is 36.4 Å². The molecule has 0 fully saturated rings. The molecule has 0 amide bonds. The van der Waals surface area contributed by atoms with Crippen molar-refractivity contribution >= 4 is 11.4 Å².